The van der Waals surface area contributed by atoms with E-state index in [2.05, 4.69) is 0 Å². The van der Waals surface area contributed by atoms with E-state index in [9.17, 15) is 18.6 Å². The Labute approximate surface area is 84.5 Å². The Hall–Kier alpha value is -1.42. The van der Waals surface area contributed by atoms with Gasteiger partial charge in [-0.15, -0.1) is 0 Å². The first-order valence-corrected chi connectivity index (χ1v) is 5.48. The van der Waals surface area contributed by atoms with E-state index < -0.39 is 32.2 Å². The van der Waals surface area contributed by atoms with Gasteiger partial charge in [0.25, 0.3) is 0 Å². The summed E-state index contributed by atoms with van der Waals surface area (Å²) in [5.74, 6) is -1.22. The summed E-state index contributed by atoms with van der Waals surface area (Å²) in [6, 6.07) is -1.25. The zero-order valence-corrected chi connectivity index (χ0v) is 8.93. The molecule has 7 heteroatoms. The Morgan fingerprint density at radius 2 is 2.21 bits per heavy atom. The van der Waals surface area contributed by atoms with Crippen molar-refractivity contribution in [2.75, 3.05) is 0 Å². The van der Waals surface area contributed by atoms with Gasteiger partial charge in [0.15, 0.2) is 0 Å². The predicted molar refractivity (Wildman–Crippen MR) is 48.5 cm³/mol. The Morgan fingerprint density at radius 1 is 1.57 bits per heavy atom. The number of rotatable bonds is 2. The van der Waals surface area contributed by atoms with Gasteiger partial charge in [-0.25, -0.2) is 0 Å². The second-order valence-electron chi connectivity index (χ2n) is 2.55. The molecule has 0 radical (unpaired) electrons. The average molecular weight is 259 g/mol. The van der Waals surface area contributed by atoms with E-state index in [4.69, 9.17) is 5.11 Å². The SMILES string of the molecule is O=[AsH]=C1C=CC(C(=O)O)=CC1[N+](=O)[O-]. The first kappa shape index (κ1) is 10.7. The first-order valence-electron chi connectivity index (χ1n) is 3.58. The van der Waals surface area contributed by atoms with E-state index in [1.807, 2.05) is 0 Å². The van der Waals surface area contributed by atoms with E-state index in [-0.39, 0.29) is 9.88 Å². The molecule has 1 rings (SSSR count). The topological polar surface area (TPSA) is 97.5 Å². The molecule has 14 heavy (non-hydrogen) atoms. The van der Waals surface area contributed by atoms with Gasteiger partial charge in [-0.2, -0.15) is 0 Å². The molecular weight excluding hydrogens is 253 g/mol. The van der Waals surface area contributed by atoms with Crippen LogP contribution in [0.1, 0.15) is 0 Å². The molecule has 2 atom stereocenters. The third-order valence-electron chi connectivity index (χ3n) is 1.69. The Kier molecular flexibility index (Phi) is 3.19. The number of nitrogens with zero attached hydrogens (tertiary/aromatic N) is 1. The molecule has 0 spiro atoms. The molecule has 0 amide bonds. The predicted octanol–water partition coefficient (Wildman–Crippen LogP) is -0.833. The van der Waals surface area contributed by atoms with Crippen LogP contribution in [0.5, 0.6) is 0 Å². The quantitative estimate of drug-likeness (QED) is 0.396. The fourth-order valence-electron chi connectivity index (χ4n) is 1.00. The van der Waals surface area contributed by atoms with Crippen molar-refractivity contribution in [3.63, 3.8) is 0 Å². The second-order valence-corrected chi connectivity index (χ2v) is 4.19. The number of hydrogen-bond donors (Lipinski definition) is 1. The first-order chi connectivity index (χ1) is 6.56. The Bertz CT molecular complexity index is 404. The van der Waals surface area contributed by atoms with Gasteiger partial charge in [-0.05, 0) is 0 Å². The summed E-state index contributed by atoms with van der Waals surface area (Å²) in [5.41, 5.74) is -0.143. The Morgan fingerprint density at radius 3 is 2.64 bits per heavy atom. The van der Waals surface area contributed by atoms with Crippen LogP contribution in [-0.2, 0) is 8.53 Å². The van der Waals surface area contributed by atoms with Crippen LogP contribution in [-0.4, -0.2) is 41.6 Å². The van der Waals surface area contributed by atoms with Crippen LogP contribution in [0.15, 0.2) is 23.8 Å². The second kappa shape index (κ2) is 4.19. The molecule has 0 aromatic heterocycles. The molecule has 0 aromatic carbocycles. The molecule has 0 aromatic rings. The molecule has 0 saturated carbocycles. The van der Waals surface area contributed by atoms with Gasteiger partial charge in [0.1, 0.15) is 0 Å². The number of carboxylic acids is 1. The van der Waals surface area contributed by atoms with Crippen molar-refractivity contribution >= 4 is 25.5 Å². The van der Waals surface area contributed by atoms with Crippen molar-refractivity contribution in [1.29, 1.82) is 0 Å². The van der Waals surface area contributed by atoms with Gasteiger partial charge < -0.3 is 0 Å². The summed E-state index contributed by atoms with van der Waals surface area (Å²) >= 11 is -1.75. The van der Waals surface area contributed by atoms with Crippen LogP contribution in [0.3, 0.4) is 0 Å². The number of nitro groups is 1. The van der Waals surface area contributed by atoms with Gasteiger partial charge in [-0.1, -0.05) is 0 Å². The maximum absolute atomic E-state index is 10.6. The molecule has 0 fully saturated rings. The van der Waals surface area contributed by atoms with E-state index in [1.165, 1.54) is 12.2 Å². The summed E-state index contributed by atoms with van der Waals surface area (Å²) in [6.45, 7) is 0. The van der Waals surface area contributed by atoms with Gasteiger partial charge in [0.2, 0.25) is 0 Å². The molecule has 2 unspecified atom stereocenters. The molecule has 6 nitrogen and oxygen atoms in total. The van der Waals surface area contributed by atoms with Crippen LogP contribution < -0.4 is 0 Å². The van der Waals surface area contributed by atoms with E-state index in [0.717, 1.165) is 6.08 Å². The number of hydrogen-bond acceptors (Lipinski definition) is 4. The van der Waals surface area contributed by atoms with E-state index >= 15 is 0 Å². The standard InChI is InChI=1S/C7H6AsNO5/c10-7(11)4-1-2-5(8-12)6(3-4)9(13)14/h1-3,6,8H,(H,10,11). The van der Waals surface area contributed by atoms with Crippen molar-refractivity contribution in [1.82, 2.24) is 0 Å². The van der Waals surface area contributed by atoms with Crippen molar-refractivity contribution < 1.29 is 18.6 Å². The molecule has 0 heterocycles. The van der Waals surface area contributed by atoms with Crippen molar-refractivity contribution in [3.8, 4) is 0 Å². The number of aliphatic carboxylic acids is 1. The summed E-state index contributed by atoms with van der Waals surface area (Å²) in [5, 5.41) is 19.1. The number of carboxylic acid groups (broad SMARTS) is 1. The third-order valence-corrected chi connectivity index (χ3v) is 3.16. The molecule has 0 saturated heterocycles. The van der Waals surface area contributed by atoms with Crippen LogP contribution in [0.25, 0.3) is 0 Å². The minimum atomic E-state index is -1.75. The molecule has 1 aliphatic rings. The molecule has 1 aliphatic carbocycles. The molecule has 1 N–H and O–H groups in total. The molecule has 0 bridgehead atoms. The Balaban J connectivity index is 3.13. The number of carbonyl (C=O) groups is 1. The average Bonchev–Trinajstić information content (AvgIpc) is 2.16. The van der Waals surface area contributed by atoms with Crippen LogP contribution in [0.2, 0.25) is 0 Å². The normalized spacial score (nSPS) is 20.7. The maximum atomic E-state index is 10.6. The fraction of sp³-hybridized carbons (Fsp3) is 0.143. The van der Waals surface area contributed by atoms with Crippen LogP contribution in [0, 0.1) is 10.1 Å². The van der Waals surface area contributed by atoms with Crippen molar-refractivity contribution in [2.24, 2.45) is 0 Å². The van der Waals surface area contributed by atoms with Crippen LogP contribution >= 0.6 is 0 Å². The van der Waals surface area contributed by atoms with E-state index in [0.29, 0.717) is 0 Å². The van der Waals surface area contributed by atoms with Gasteiger partial charge in [0, 0.05) is 0 Å². The van der Waals surface area contributed by atoms with Gasteiger partial charge in [-0.3, -0.25) is 0 Å². The zero-order chi connectivity index (χ0) is 10.7. The zero-order valence-electron chi connectivity index (χ0n) is 6.84. The van der Waals surface area contributed by atoms with E-state index in [1.54, 1.807) is 0 Å². The van der Waals surface area contributed by atoms with Gasteiger partial charge >= 0.3 is 84.0 Å². The fourth-order valence-corrected chi connectivity index (χ4v) is 1.97. The molecule has 0 aliphatic heterocycles. The van der Waals surface area contributed by atoms with Crippen molar-refractivity contribution in [2.45, 2.75) is 6.04 Å². The van der Waals surface area contributed by atoms with Crippen LogP contribution in [0.4, 0.5) is 0 Å². The van der Waals surface area contributed by atoms with Gasteiger partial charge in [0.05, 0.1) is 0 Å². The third kappa shape index (κ3) is 2.08. The summed E-state index contributed by atoms with van der Waals surface area (Å²) in [7, 11) is 0. The summed E-state index contributed by atoms with van der Waals surface area (Å²) < 4.78 is 10.8. The molecule has 74 valence electrons. The monoisotopic (exact) mass is 259 g/mol. The minimum absolute atomic E-state index is 0.143. The summed E-state index contributed by atoms with van der Waals surface area (Å²) in [4.78, 5) is 20.3. The van der Waals surface area contributed by atoms with Crippen molar-refractivity contribution in [3.05, 3.63) is 33.9 Å². The summed E-state index contributed by atoms with van der Waals surface area (Å²) in [6.07, 6.45) is 3.47. The molecular formula is C7H6AsNO5.